The number of nitrogens with zero attached hydrogens (tertiary/aromatic N) is 5. The van der Waals surface area contributed by atoms with Gasteiger partial charge in [0.05, 0.1) is 22.7 Å². The van der Waals surface area contributed by atoms with E-state index in [1.807, 2.05) is 0 Å². The number of halogens is 5. The number of nitrogens with two attached hydrogens (primary N) is 1. The highest BCUT2D eigenvalue weighted by atomic mass is 35.5. The Morgan fingerprint density at radius 3 is 2.78 bits per heavy atom. The number of rotatable bonds is 4. The van der Waals surface area contributed by atoms with Crippen molar-refractivity contribution in [2.75, 3.05) is 37.4 Å². The predicted molar refractivity (Wildman–Crippen MR) is 154 cm³/mol. The van der Waals surface area contributed by atoms with Crippen LogP contribution in [0.5, 0.6) is 11.9 Å². The fourth-order valence-corrected chi connectivity index (χ4v) is 7.83. The SMILES string of the molecule is CN1C(=O)OC2CC1(COc1nc3c4c(nc(-c5cc(N)cc(Cl)c5C(F)(F)F)c(F)c4n1)OCC[C@@H]1[C@@H]4CC[C@H](CN31)N4)C2. The van der Waals surface area contributed by atoms with Gasteiger partial charge in [-0.05, 0) is 25.0 Å². The molecule has 3 N–H and O–H groups in total. The van der Waals surface area contributed by atoms with E-state index in [1.54, 1.807) is 7.05 Å². The molecule has 9 rings (SSSR count). The summed E-state index contributed by atoms with van der Waals surface area (Å²) in [6.45, 7) is 0.770. The fourth-order valence-electron chi connectivity index (χ4n) is 7.50. The Kier molecular flexibility index (Phi) is 6.25. The van der Waals surface area contributed by atoms with Gasteiger partial charge in [-0.2, -0.15) is 23.1 Å². The second kappa shape index (κ2) is 9.82. The Bertz CT molecular complexity index is 1750. The minimum Gasteiger partial charge on any atom is -0.477 e. The number of alkyl halides is 3. The molecule has 45 heavy (non-hydrogen) atoms. The van der Waals surface area contributed by atoms with E-state index in [0.717, 1.165) is 25.0 Å². The number of carbonyl (C=O) groups excluding carboxylic acids is 1. The summed E-state index contributed by atoms with van der Waals surface area (Å²) in [5.74, 6) is -0.907. The maximum absolute atomic E-state index is 16.7. The zero-order valence-corrected chi connectivity index (χ0v) is 24.7. The molecule has 1 aliphatic carbocycles. The topological polar surface area (TPSA) is 128 Å². The van der Waals surface area contributed by atoms with Crippen LogP contribution in [0.1, 0.15) is 37.7 Å². The Hall–Kier alpha value is -3.85. The summed E-state index contributed by atoms with van der Waals surface area (Å²) in [5, 5.41) is 3.07. The minimum atomic E-state index is -4.94. The highest BCUT2D eigenvalue weighted by molar-refractivity contribution is 6.32. The third kappa shape index (κ3) is 4.41. The van der Waals surface area contributed by atoms with Gasteiger partial charge in [-0.3, -0.25) is 0 Å². The summed E-state index contributed by atoms with van der Waals surface area (Å²) in [5.41, 5.74) is 2.23. The number of carbonyl (C=O) groups is 1. The van der Waals surface area contributed by atoms with Crippen LogP contribution in [-0.2, 0) is 10.9 Å². The first-order chi connectivity index (χ1) is 21.4. The van der Waals surface area contributed by atoms with E-state index in [0.29, 0.717) is 31.6 Å². The Morgan fingerprint density at radius 2 is 2.00 bits per heavy atom. The van der Waals surface area contributed by atoms with Gasteiger partial charge in [0, 0.05) is 62.2 Å². The molecule has 0 unspecified atom stereocenters. The number of benzene rings is 1. The molecule has 5 fully saturated rings. The highest BCUT2D eigenvalue weighted by Crippen LogP contribution is 2.48. The van der Waals surface area contributed by atoms with E-state index < -0.39 is 45.5 Å². The number of amides is 1. The number of piperazine rings is 1. The largest absolute Gasteiger partial charge is 0.477 e. The average Bonchev–Trinajstić information content (AvgIpc) is 3.34. The van der Waals surface area contributed by atoms with E-state index in [2.05, 4.69) is 20.2 Å². The van der Waals surface area contributed by atoms with Crippen molar-refractivity contribution in [2.24, 2.45) is 0 Å². The number of fused-ring (bicyclic) bond motifs is 7. The van der Waals surface area contributed by atoms with Crippen molar-refractivity contribution < 1.29 is 36.6 Å². The summed E-state index contributed by atoms with van der Waals surface area (Å²) in [4.78, 5) is 29.3. The molecule has 5 aliphatic heterocycles. The number of nitrogen functional groups attached to an aromatic ring is 1. The normalized spacial score (nSPS) is 28.5. The molecule has 11 nitrogen and oxygen atoms in total. The van der Waals surface area contributed by atoms with Crippen LogP contribution in [0.25, 0.3) is 22.2 Å². The van der Waals surface area contributed by atoms with Gasteiger partial charge in [0.2, 0.25) is 5.88 Å². The van der Waals surface area contributed by atoms with Crippen molar-refractivity contribution in [1.29, 1.82) is 0 Å². The van der Waals surface area contributed by atoms with Crippen molar-refractivity contribution in [1.82, 2.24) is 25.2 Å². The maximum atomic E-state index is 16.7. The number of hydrogen-bond acceptors (Lipinski definition) is 10. The molecular formula is C29H28ClF4N7O4. The molecule has 7 heterocycles. The first kappa shape index (κ1) is 28.6. The van der Waals surface area contributed by atoms with Gasteiger partial charge in [-0.25, -0.2) is 14.2 Å². The number of likely N-dealkylation sites (N-methyl/N-ethyl adjacent to an activating group) is 1. The summed E-state index contributed by atoms with van der Waals surface area (Å²) >= 11 is 6.01. The Morgan fingerprint density at radius 1 is 1.20 bits per heavy atom. The Labute approximate surface area is 259 Å². The van der Waals surface area contributed by atoms with Crippen molar-refractivity contribution in [2.45, 2.75) is 68.0 Å². The molecule has 6 aliphatic rings. The molecule has 0 radical (unpaired) electrons. The van der Waals surface area contributed by atoms with Crippen molar-refractivity contribution in [3.05, 3.63) is 28.5 Å². The van der Waals surface area contributed by atoms with E-state index >= 15 is 4.39 Å². The van der Waals surface area contributed by atoms with Crippen LogP contribution in [0.4, 0.5) is 33.9 Å². The summed E-state index contributed by atoms with van der Waals surface area (Å²) in [6, 6.07) is 2.04. The van der Waals surface area contributed by atoms with Gasteiger partial charge in [-0.15, -0.1) is 0 Å². The third-order valence-electron chi connectivity index (χ3n) is 9.78. The van der Waals surface area contributed by atoms with E-state index in [1.165, 1.54) is 4.90 Å². The van der Waals surface area contributed by atoms with Crippen LogP contribution >= 0.6 is 11.6 Å². The Balaban J connectivity index is 1.31. The molecule has 0 spiro atoms. The van der Waals surface area contributed by atoms with Crippen LogP contribution < -0.4 is 25.4 Å². The maximum Gasteiger partial charge on any atom is 0.418 e. The number of pyridine rings is 1. The number of ether oxygens (including phenoxy) is 3. The van der Waals surface area contributed by atoms with Crippen molar-refractivity contribution >= 4 is 40.1 Å². The smallest absolute Gasteiger partial charge is 0.418 e. The van der Waals surface area contributed by atoms with Crippen LogP contribution in [0.15, 0.2) is 12.1 Å². The lowest BCUT2D eigenvalue weighted by Crippen LogP contribution is -2.68. The van der Waals surface area contributed by atoms with E-state index in [4.69, 9.17) is 36.5 Å². The minimum absolute atomic E-state index is 0.0161. The van der Waals surface area contributed by atoms with Gasteiger partial charge in [0.1, 0.15) is 35.1 Å². The van der Waals surface area contributed by atoms with Crippen LogP contribution in [0.3, 0.4) is 0 Å². The van der Waals surface area contributed by atoms with E-state index in [9.17, 15) is 18.0 Å². The molecule has 1 aromatic carbocycles. The van der Waals surface area contributed by atoms with Crippen LogP contribution in [-0.4, -0.2) is 82.5 Å². The van der Waals surface area contributed by atoms with Crippen molar-refractivity contribution in [3.8, 4) is 23.1 Å². The first-order valence-electron chi connectivity index (χ1n) is 14.7. The molecule has 238 valence electrons. The number of aromatic nitrogens is 3. The summed E-state index contributed by atoms with van der Waals surface area (Å²) < 4.78 is 76.9. The van der Waals surface area contributed by atoms with E-state index in [-0.39, 0.29) is 65.9 Å². The van der Waals surface area contributed by atoms with Crippen LogP contribution in [0, 0.1) is 5.82 Å². The zero-order chi connectivity index (χ0) is 31.4. The molecule has 4 bridgehead atoms. The molecule has 4 saturated heterocycles. The predicted octanol–water partition coefficient (Wildman–Crippen LogP) is 4.54. The number of hydrogen-bond donors (Lipinski definition) is 2. The van der Waals surface area contributed by atoms with Crippen LogP contribution in [0.2, 0.25) is 5.02 Å². The molecular weight excluding hydrogens is 622 g/mol. The quantitative estimate of drug-likeness (QED) is 0.307. The molecule has 1 amide bonds. The standard InChI is InChI=1S/C29H28ClF4N7O4/c1-40-27(42)45-14-8-28(40,9-14)11-44-26-38-23-19-24(39-26)41-10-13-2-3-17(36-13)18(41)4-5-43-25(19)37-22(21(23)31)15-6-12(35)7-16(30)20(15)29(32,33)34/h6-7,13-14,17-18,36H,2-5,8-11,35H2,1H3/t13-,14?,17+,18-,28?/m1/s1. The van der Waals surface area contributed by atoms with Crippen molar-refractivity contribution in [3.63, 3.8) is 0 Å². The highest BCUT2D eigenvalue weighted by Gasteiger charge is 2.57. The van der Waals surface area contributed by atoms with Gasteiger partial charge in [-0.1, -0.05) is 11.6 Å². The number of nitrogens with one attached hydrogen (secondary N) is 1. The van der Waals surface area contributed by atoms with Gasteiger partial charge in [0.15, 0.2) is 5.82 Å². The first-order valence-corrected chi connectivity index (χ1v) is 15.1. The average molecular weight is 650 g/mol. The van der Waals surface area contributed by atoms with Gasteiger partial charge in [0.25, 0.3) is 0 Å². The summed E-state index contributed by atoms with van der Waals surface area (Å²) in [7, 11) is 1.62. The summed E-state index contributed by atoms with van der Waals surface area (Å²) in [6.07, 6.45) is -2.05. The monoisotopic (exact) mass is 649 g/mol. The lowest BCUT2D eigenvalue weighted by molar-refractivity contribution is -0.137. The molecule has 2 aromatic heterocycles. The third-order valence-corrected chi connectivity index (χ3v) is 10.1. The molecule has 3 atom stereocenters. The molecule has 3 aromatic rings. The second-order valence-corrected chi connectivity index (χ2v) is 12.9. The molecule has 1 saturated carbocycles. The lowest BCUT2D eigenvalue weighted by atomic mass is 9.72. The van der Waals surface area contributed by atoms with Gasteiger partial charge >= 0.3 is 18.3 Å². The fraction of sp³-hybridized carbons (Fsp3) is 0.517. The zero-order valence-electron chi connectivity index (χ0n) is 24.0. The number of anilines is 2. The van der Waals surface area contributed by atoms with Gasteiger partial charge < -0.3 is 35.1 Å². The lowest BCUT2D eigenvalue weighted by Gasteiger charge is -2.55. The molecule has 16 heteroatoms. The second-order valence-electron chi connectivity index (χ2n) is 12.4.